The number of aliphatic hydroxyl groups is 2. The summed E-state index contributed by atoms with van der Waals surface area (Å²) in [5, 5.41) is 17.7. The molecule has 0 aliphatic carbocycles. The average molecular weight is 358 g/mol. The zero-order chi connectivity index (χ0) is 18.6. The third-order valence-corrected chi connectivity index (χ3v) is 5.19. The molecule has 0 aromatic carbocycles. The number of rotatable bonds is 20. The van der Waals surface area contributed by atoms with Crippen LogP contribution in [0.1, 0.15) is 129 Å². The molecular weight excluding hydrogens is 310 g/mol. The molecule has 4 N–H and O–H groups in total. The fraction of sp³-hybridized carbons (Fsp3) is 1.00. The Labute approximate surface area is 157 Å². The first-order chi connectivity index (χ1) is 12.2. The van der Waals surface area contributed by atoms with E-state index >= 15 is 0 Å². The summed E-state index contributed by atoms with van der Waals surface area (Å²) in [4.78, 5) is 0. The summed E-state index contributed by atoms with van der Waals surface area (Å²) in [6.07, 6.45) is 23.4. The maximum absolute atomic E-state index is 8.84. The number of unbranched alkanes of at least 4 members (excludes halogenated alkanes) is 16. The first-order valence-corrected chi connectivity index (χ1v) is 11.3. The molecule has 0 rings (SSSR count). The molecule has 0 spiro atoms. The zero-order valence-electron chi connectivity index (χ0n) is 17.1. The van der Waals surface area contributed by atoms with Crippen LogP contribution in [0.15, 0.2) is 0 Å². The van der Waals surface area contributed by atoms with Crippen LogP contribution in [0.5, 0.6) is 0 Å². The molecule has 25 heavy (non-hydrogen) atoms. The minimum Gasteiger partial charge on any atom is -0.368 e. The third-order valence-electron chi connectivity index (χ3n) is 5.19. The van der Waals surface area contributed by atoms with E-state index in [-0.39, 0.29) is 6.04 Å². The van der Waals surface area contributed by atoms with Crippen molar-refractivity contribution in [2.45, 2.75) is 141 Å². The maximum atomic E-state index is 8.84. The first-order valence-electron chi connectivity index (χ1n) is 11.3. The van der Waals surface area contributed by atoms with E-state index < -0.39 is 6.29 Å². The maximum Gasteiger partial charge on any atom is 0.152 e. The van der Waals surface area contributed by atoms with Crippen molar-refractivity contribution in [3.8, 4) is 0 Å². The predicted molar refractivity (Wildman–Crippen MR) is 110 cm³/mol. The van der Waals surface area contributed by atoms with Crippen LogP contribution >= 0.6 is 0 Å². The van der Waals surface area contributed by atoms with E-state index in [4.69, 9.17) is 15.9 Å². The van der Waals surface area contributed by atoms with E-state index in [1.807, 2.05) is 0 Å². The number of hydrogen-bond donors (Lipinski definition) is 3. The van der Waals surface area contributed by atoms with E-state index in [9.17, 15) is 0 Å². The molecule has 1 atom stereocenters. The molecule has 1 unspecified atom stereocenters. The molecule has 0 heterocycles. The van der Waals surface area contributed by atoms with Gasteiger partial charge in [0, 0.05) is 12.5 Å². The predicted octanol–water partition coefficient (Wildman–Crippen LogP) is 6.06. The van der Waals surface area contributed by atoms with Gasteiger partial charge in [0.15, 0.2) is 6.29 Å². The van der Waals surface area contributed by atoms with E-state index in [2.05, 4.69) is 6.92 Å². The van der Waals surface area contributed by atoms with Crippen LogP contribution in [-0.4, -0.2) is 22.5 Å². The topological polar surface area (TPSA) is 66.5 Å². The van der Waals surface area contributed by atoms with Gasteiger partial charge in [-0.1, -0.05) is 116 Å². The highest BCUT2D eigenvalue weighted by Crippen LogP contribution is 2.14. The van der Waals surface area contributed by atoms with Crippen molar-refractivity contribution in [1.29, 1.82) is 0 Å². The highest BCUT2D eigenvalue weighted by atomic mass is 16.5. The lowest BCUT2D eigenvalue weighted by molar-refractivity contribution is -0.0497. The summed E-state index contributed by atoms with van der Waals surface area (Å²) in [6.45, 7) is 2.28. The Hall–Kier alpha value is -0.120. The van der Waals surface area contributed by atoms with E-state index in [1.165, 1.54) is 103 Å². The van der Waals surface area contributed by atoms with Crippen LogP contribution in [-0.2, 0) is 0 Å². The molecule has 0 aromatic heterocycles. The Morgan fingerprint density at radius 2 is 0.880 bits per heavy atom. The van der Waals surface area contributed by atoms with E-state index in [1.54, 1.807) is 0 Å². The molecule has 3 nitrogen and oxygen atoms in total. The van der Waals surface area contributed by atoms with Crippen molar-refractivity contribution < 1.29 is 10.2 Å². The largest absolute Gasteiger partial charge is 0.368 e. The van der Waals surface area contributed by atoms with Gasteiger partial charge in [0.25, 0.3) is 0 Å². The van der Waals surface area contributed by atoms with E-state index in [0.717, 1.165) is 12.8 Å². The van der Waals surface area contributed by atoms with Crippen molar-refractivity contribution in [2.24, 2.45) is 5.73 Å². The molecule has 0 fully saturated rings. The molecular formula is C22H47NO2. The van der Waals surface area contributed by atoms with Crippen LogP contribution in [0.2, 0.25) is 0 Å². The molecule has 0 bridgehead atoms. The van der Waals surface area contributed by atoms with Gasteiger partial charge in [-0.05, 0) is 6.42 Å². The van der Waals surface area contributed by atoms with Crippen molar-refractivity contribution in [3.63, 3.8) is 0 Å². The molecule has 152 valence electrons. The Kier molecular flexibility index (Phi) is 20.1. The van der Waals surface area contributed by atoms with Gasteiger partial charge >= 0.3 is 0 Å². The zero-order valence-corrected chi connectivity index (χ0v) is 17.1. The quantitative estimate of drug-likeness (QED) is 0.183. The van der Waals surface area contributed by atoms with Crippen molar-refractivity contribution in [3.05, 3.63) is 0 Å². The number of nitrogens with two attached hydrogens (primary N) is 1. The molecule has 3 heteroatoms. The van der Waals surface area contributed by atoms with Gasteiger partial charge in [-0.3, -0.25) is 0 Å². The fourth-order valence-corrected chi connectivity index (χ4v) is 3.52. The Morgan fingerprint density at radius 3 is 1.20 bits per heavy atom. The standard InChI is InChI=1S/C22H47NO2/c1-2-3-4-5-6-7-8-9-10-11-12-13-14-15-16-17-18-19-21(23)20-22(24)25/h21-22,24-25H,2-20,23H2,1H3. The van der Waals surface area contributed by atoms with E-state index in [0.29, 0.717) is 6.42 Å². The Bertz CT molecular complexity index is 246. The van der Waals surface area contributed by atoms with Gasteiger partial charge in [-0.25, -0.2) is 0 Å². The Morgan fingerprint density at radius 1 is 0.560 bits per heavy atom. The molecule has 0 radical (unpaired) electrons. The second-order valence-corrected chi connectivity index (χ2v) is 7.92. The minimum absolute atomic E-state index is 0.0589. The number of hydrogen-bond acceptors (Lipinski definition) is 3. The van der Waals surface area contributed by atoms with Gasteiger partial charge in [0.1, 0.15) is 0 Å². The second kappa shape index (κ2) is 20.2. The summed E-state index contributed by atoms with van der Waals surface area (Å²) in [7, 11) is 0. The van der Waals surface area contributed by atoms with Crippen LogP contribution in [0.4, 0.5) is 0 Å². The van der Waals surface area contributed by atoms with Gasteiger partial charge < -0.3 is 15.9 Å². The van der Waals surface area contributed by atoms with Gasteiger partial charge in [-0.2, -0.15) is 0 Å². The lowest BCUT2D eigenvalue weighted by Crippen LogP contribution is -2.25. The van der Waals surface area contributed by atoms with Gasteiger partial charge in [-0.15, -0.1) is 0 Å². The second-order valence-electron chi connectivity index (χ2n) is 7.92. The molecule has 0 aliphatic rings. The molecule has 0 aliphatic heterocycles. The van der Waals surface area contributed by atoms with Crippen LogP contribution < -0.4 is 5.73 Å². The summed E-state index contributed by atoms with van der Waals surface area (Å²) in [5.74, 6) is 0. The fourth-order valence-electron chi connectivity index (χ4n) is 3.52. The smallest absolute Gasteiger partial charge is 0.152 e. The lowest BCUT2D eigenvalue weighted by atomic mass is 10.0. The molecule has 0 saturated carbocycles. The molecule has 0 amide bonds. The summed E-state index contributed by atoms with van der Waals surface area (Å²) in [6, 6.07) is -0.0589. The highest BCUT2D eigenvalue weighted by molar-refractivity contribution is 4.62. The SMILES string of the molecule is CCCCCCCCCCCCCCCCCCCC(N)CC(O)O. The van der Waals surface area contributed by atoms with Crippen molar-refractivity contribution >= 4 is 0 Å². The van der Waals surface area contributed by atoms with Crippen LogP contribution in [0.3, 0.4) is 0 Å². The third kappa shape index (κ3) is 21.8. The minimum atomic E-state index is -1.25. The van der Waals surface area contributed by atoms with Crippen LogP contribution in [0.25, 0.3) is 0 Å². The first kappa shape index (κ1) is 24.9. The Balaban J connectivity index is 3.05. The summed E-state index contributed by atoms with van der Waals surface area (Å²) >= 11 is 0. The molecule has 0 aromatic rings. The normalized spacial score (nSPS) is 12.8. The monoisotopic (exact) mass is 357 g/mol. The molecule has 0 saturated heterocycles. The lowest BCUT2D eigenvalue weighted by Gasteiger charge is -2.12. The highest BCUT2D eigenvalue weighted by Gasteiger charge is 2.06. The van der Waals surface area contributed by atoms with Crippen LogP contribution in [0, 0.1) is 0 Å². The average Bonchev–Trinajstić information content (AvgIpc) is 2.57. The van der Waals surface area contributed by atoms with Gasteiger partial charge in [0.05, 0.1) is 0 Å². The summed E-state index contributed by atoms with van der Waals surface area (Å²) in [5.41, 5.74) is 5.82. The number of aliphatic hydroxyl groups excluding tert-OH is 1. The van der Waals surface area contributed by atoms with Crippen molar-refractivity contribution in [2.75, 3.05) is 0 Å². The van der Waals surface area contributed by atoms with Gasteiger partial charge in [0.2, 0.25) is 0 Å². The van der Waals surface area contributed by atoms with Crippen molar-refractivity contribution in [1.82, 2.24) is 0 Å². The summed E-state index contributed by atoms with van der Waals surface area (Å²) < 4.78 is 0.